The fourth-order valence-corrected chi connectivity index (χ4v) is 5.68. The van der Waals surface area contributed by atoms with Gasteiger partial charge in [-0.2, -0.15) is 0 Å². The molecule has 224 valence electrons. The molecule has 8 nitrogen and oxygen atoms in total. The van der Waals surface area contributed by atoms with Gasteiger partial charge in [-0.15, -0.1) is 0 Å². The SMILES string of the molecule is COc1ccc(-c2[nH]c3ccccc3c2CCNC(=O)C(Cc2c[nH]c3ccccc23)NC(=O)CCCCCCN)cc1. The number of rotatable bonds is 15. The van der Waals surface area contributed by atoms with Crippen LogP contribution in [0.2, 0.25) is 0 Å². The van der Waals surface area contributed by atoms with Gasteiger partial charge in [0.25, 0.3) is 0 Å². The molecule has 0 bridgehead atoms. The van der Waals surface area contributed by atoms with Gasteiger partial charge in [0.2, 0.25) is 11.8 Å². The maximum absolute atomic E-state index is 13.6. The molecular weight excluding hydrogens is 538 g/mol. The highest BCUT2D eigenvalue weighted by Crippen LogP contribution is 2.31. The number of nitrogens with one attached hydrogen (secondary N) is 4. The van der Waals surface area contributed by atoms with Crippen LogP contribution in [0, 0.1) is 0 Å². The van der Waals surface area contributed by atoms with Gasteiger partial charge in [-0.1, -0.05) is 49.2 Å². The minimum absolute atomic E-state index is 0.105. The topological polar surface area (TPSA) is 125 Å². The second-order valence-corrected chi connectivity index (χ2v) is 10.9. The van der Waals surface area contributed by atoms with Crippen molar-refractivity contribution in [1.82, 2.24) is 20.6 Å². The van der Waals surface area contributed by atoms with E-state index in [9.17, 15) is 9.59 Å². The Morgan fingerprint density at radius 3 is 2.37 bits per heavy atom. The third-order valence-corrected chi connectivity index (χ3v) is 7.98. The number of unbranched alkanes of at least 4 members (excludes halogenated alkanes) is 3. The molecule has 2 heterocycles. The summed E-state index contributed by atoms with van der Waals surface area (Å²) in [6, 6.07) is 23.5. The zero-order valence-electron chi connectivity index (χ0n) is 24.7. The second-order valence-electron chi connectivity index (χ2n) is 10.9. The molecule has 43 heavy (non-hydrogen) atoms. The van der Waals surface area contributed by atoms with Crippen molar-refractivity contribution in [2.45, 2.75) is 51.0 Å². The Hall–Kier alpha value is -4.56. The van der Waals surface area contributed by atoms with Crippen LogP contribution in [0.1, 0.15) is 43.2 Å². The summed E-state index contributed by atoms with van der Waals surface area (Å²) in [6.07, 6.45) is 7.05. The molecule has 0 aliphatic heterocycles. The summed E-state index contributed by atoms with van der Waals surface area (Å²) in [5, 5.41) is 8.33. The molecular formula is C35H41N5O3. The molecule has 0 aliphatic carbocycles. The number of methoxy groups -OCH3 is 1. The summed E-state index contributed by atoms with van der Waals surface area (Å²) < 4.78 is 5.34. The first-order chi connectivity index (χ1) is 21.1. The highest BCUT2D eigenvalue weighted by molar-refractivity contribution is 5.92. The Balaban J connectivity index is 1.29. The van der Waals surface area contributed by atoms with Crippen LogP contribution in [-0.2, 0) is 22.4 Å². The second kappa shape index (κ2) is 14.6. The van der Waals surface area contributed by atoms with E-state index in [0.717, 1.165) is 75.6 Å². The van der Waals surface area contributed by atoms with Crippen LogP contribution in [0.25, 0.3) is 33.1 Å². The van der Waals surface area contributed by atoms with Gasteiger partial charge in [0.05, 0.1) is 7.11 Å². The molecule has 5 aromatic rings. The molecule has 5 rings (SSSR count). The quantitative estimate of drug-likeness (QED) is 0.103. The summed E-state index contributed by atoms with van der Waals surface area (Å²) >= 11 is 0. The van der Waals surface area contributed by atoms with E-state index in [4.69, 9.17) is 10.5 Å². The van der Waals surface area contributed by atoms with Gasteiger partial charge in [-0.3, -0.25) is 9.59 Å². The number of benzene rings is 3. The number of para-hydroxylation sites is 2. The van der Waals surface area contributed by atoms with Gasteiger partial charge in [0, 0.05) is 53.1 Å². The molecule has 0 spiro atoms. The Kier molecular flexibility index (Phi) is 10.1. The lowest BCUT2D eigenvalue weighted by molar-refractivity contribution is -0.129. The molecule has 1 unspecified atom stereocenters. The van der Waals surface area contributed by atoms with Crippen molar-refractivity contribution in [3.63, 3.8) is 0 Å². The molecule has 0 radical (unpaired) electrons. The first kappa shape index (κ1) is 29.9. The number of nitrogens with two attached hydrogens (primary N) is 1. The van der Waals surface area contributed by atoms with Crippen LogP contribution in [0.15, 0.2) is 79.0 Å². The number of amides is 2. The summed E-state index contributed by atoms with van der Waals surface area (Å²) in [7, 11) is 1.66. The van der Waals surface area contributed by atoms with Gasteiger partial charge in [-0.05, 0) is 78.9 Å². The van der Waals surface area contributed by atoms with Crippen LogP contribution in [0.5, 0.6) is 5.75 Å². The zero-order valence-corrected chi connectivity index (χ0v) is 24.7. The average molecular weight is 580 g/mol. The van der Waals surface area contributed by atoms with Crippen molar-refractivity contribution in [1.29, 1.82) is 0 Å². The van der Waals surface area contributed by atoms with Crippen LogP contribution in [0.3, 0.4) is 0 Å². The lowest BCUT2D eigenvalue weighted by atomic mass is 10.0. The Morgan fingerprint density at radius 2 is 1.60 bits per heavy atom. The molecule has 0 fully saturated rings. The number of fused-ring (bicyclic) bond motifs is 2. The van der Waals surface area contributed by atoms with E-state index in [1.54, 1.807) is 7.11 Å². The number of carbonyl (C=O) groups excluding carboxylic acids is 2. The van der Waals surface area contributed by atoms with Gasteiger partial charge >= 0.3 is 0 Å². The molecule has 0 saturated carbocycles. The molecule has 0 aliphatic rings. The van der Waals surface area contributed by atoms with Crippen molar-refractivity contribution in [3.8, 4) is 17.0 Å². The number of carbonyl (C=O) groups is 2. The van der Waals surface area contributed by atoms with Crippen molar-refractivity contribution in [2.24, 2.45) is 5.73 Å². The van der Waals surface area contributed by atoms with E-state index in [1.807, 2.05) is 66.9 Å². The fourth-order valence-electron chi connectivity index (χ4n) is 5.68. The normalized spacial score (nSPS) is 12.0. The van der Waals surface area contributed by atoms with Crippen molar-refractivity contribution < 1.29 is 14.3 Å². The Bertz CT molecular complexity index is 1650. The number of H-pyrrole nitrogens is 2. The maximum Gasteiger partial charge on any atom is 0.242 e. The summed E-state index contributed by atoms with van der Waals surface area (Å²) in [4.78, 5) is 33.3. The van der Waals surface area contributed by atoms with Crippen LogP contribution in [-0.4, -0.2) is 48.0 Å². The molecule has 2 aromatic heterocycles. The molecule has 1 atom stereocenters. The van der Waals surface area contributed by atoms with E-state index in [-0.39, 0.29) is 11.8 Å². The van der Waals surface area contributed by atoms with E-state index >= 15 is 0 Å². The predicted octanol–water partition coefficient (Wildman–Crippen LogP) is 5.62. The van der Waals surface area contributed by atoms with Gasteiger partial charge < -0.3 is 31.1 Å². The number of ether oxygens (including phenoxy) is 1. The highest BCUT2D eigenvalue weighted by atomic mass is 16.5. The number of aromatic amines is 2. The van der Waals surface area contributed by atoms with E-state index in [2.05, 4.69) is 32.7 Å². The van der Waals surface area contributed by atoms with E-state index in [0.29, 0.717) is 32.4 Å². The van der Waals surface area contributed by atoms with Crippen LogP contribution >= 0.6 is 0 Å². The average Bonchev–Trinajstić information content (AvgIpc) is 3.62. The monoisotopic (exact) mass is 579 g/mol. The van der Waals surface area contributed by atoms with Crippen molar-refractivity contribution >= 4 is 33.6 Å². The maximum atomic E-state index is 13.6. The summed E-state index contributed by atoms with van der Waals surface area (Å²) in [5.41, 5.74) is 11.8. The molecule has 0 saturated heterocycles. The lowest BCUT2D eigenvalue weighted by Crippen LogP contribution is -2.48. The predicted molar refractivity (Wildman–Crippen MR) is 173 cm³/mol. The van der Waals surface area contributed by atoms with Crippen molar-refractivity contribution in [3.05, 3.63) is 90.1 Å². The summed E-state index contributed by atoms with van der Waals surface area (Å²) in [6.45, 7) is 1.10. The first-order valence-electron chi connectivity index (χ1n) is 15.1. The first-order valence-corrected chi connectivity index (χ1v) is 15.1. The highest BCUT2D eigenvalue weighted by Gasteiger charge is 2.23. The molecule has 6 N–H and O–H groups in total. The minimum Gasteiger partial charge on any atom is -0.497 e. The number of hydrogen-bond acceptors (Lipinski definition) is 4. The van der Waals surface area contributed by atoms with Crippen molar-refractivity contribution in [2.75, 3.05) is 20.2 Å². The fraction of sp³-hybridized carbons (Fsp3) is 0.314. The zero-order chi connectivity index (χ0) is 30.0. The number of aromatic nitrogens is 2. The van der Waals surface area contributed by atoms with Gasteiger partial charge in [0.1, 0.15) is 11.8 Å². The third-order valence-electron chi connectivity index (χ3n) is 7.98. The molecule has 3 aromatic carbocycles. The molecule has 8 heteroatoms. The smallest absolute Gasteiger partial charge is 0.242 e. The summed E-state index contributed by atoms with van der Waals surface area (Å²) in [5.74, 6) is 0.506. The lowest BCUT2D eigenvalue weighted by Gasteiger charge is -2.19. The largest absolute Gasteiger partial charge is 0.497 e. The van der Waals surface area contributed by atoms with Gasteiger partial charge in [-0.25, -0.2) is 0 Å². The standard InChI is InChI=1S/C35H41N5O3/c1-43-26-17-15-24(16-18-26)34-29(28-11-6-8-13-31(28)40-34)19-21-37-35(42)32(39-33(41)14-4-2-3-9-20-36)22-25-23-38-30-12-7-5-10-27(25)30/h5-8,10-13,15-18,23,32,38,40H,2-4,9,14,19-22,36H2,1H3,(H,37,42)(H,39,41). The Morgan fingerprint density at radius 1 is 0.884 bits per heavy atom. The third kappa shape index (κ3) is 7.45. The molecule has 2 amide bonds. The number of hydrogen-bond donors (Lipinski definition) is 5. The minimum atomic E-state index is -0.681. The van der Waals surface area contributed by atoms with Gasteiger partial charge in [0.15, 0.2) is 0 Å². The van der Waals surface area contributed by atoms with E-state index in [1.165, 1.54) is 0 Å². The van der Waals surface area contributed by atoms with E-state index < -0.39 is 6.04 Å². The Labute approximate surface area is 252 Å². The van der Waals surface area contributed by atoms with Crippen LogP contribution < -0.4 is 21.1 Å². The van der Waals surface area contributed by atoms with Crippen LogP contribution in [0.4, 0.5) is 0 Å².